The molecule has 1 amide bonds. The third kappa shape index (κ3) is 1.95. The van der Waals surface area contributed by atoms with Gasteiger partial charge in [-0.15, -0.1) is 11.3 Å². The third-order valence-electron chi connectivity index (χ3n) is 2.61. The van der Waals surface area contributed by atoms with Crippen LogP contribution in [0, 0.1) is 0 Å². The highest BCUT2D eigenvalue weighted by atomic mass is 32.1. The second kappa shape index (κ2) is 4.26. The second-order valence-electron chi connectivity index (χ2n) is 4.04. The molecule has 84 valence electrons. The standard InChI is InChI=1S/C13H15NOS/c1-4-9-5-6-10-8-12(13(15)14(2)3)16-11(10)7-9/h5-8H,4H2,1-3H3. The molecule has 0 spiro atoms. The van der Waals surface area contributed by atoms with E-state index in [9.17, 15) is 4.79 Å². The van der Waals surface area contributed by atoms with Crippen molar-refractivity contribution in [2.24, 2.45) is 0 Å². The van der Waals surface area contributed by atoms with Crippen LogP contribution in [0.3, 0.4) is 0 Å². The normalized spacial score (nSPS) is 10.7. The molecule has 1 heterocycles. The summed E-state index contributed by atoms with van der Waals surface area (Å²) in [6, 6.07) is 8.37. The lowest BCUT2D eigenvalue weighted by atomic mass is 10.1. The van der Waals surface area contributed by atoms with Gasteiger partial charge in [-0.3, -0.25) is 4.79 Å². The minimum Gasteiger partial charge on any atom is -0.344 e. The number of benzene rings is 1. The average Bonchev–Trinajstić information content (AvgIpc) is 2.69. The Labute approximate surface area is 99.5 Å². The Hall–Kier alpha value is -1.35. The number of thiophene rings is 1. The second-order valence-corrected chi connectivity index (χ2v) is 5.12. The smallest absolute Gasteiger partial charge is 0.263 e. The lowest BCUT2D eigenvalue weighted by molar-refractivity contribution is 0.0832. The van der Waals surface area contributed by atoms with Crippen molar-refractivity contribution < 1.29 is 4.79 Å². The maximum absolute atomic E-state index is 11.8. The van der Waals surface area contributed by atoms with Crippen molar-refractivity contribution >= 4 is 27.3 Å². The molecular weight excluding hydrogens is 218 g/mol. The first-order valence-corrected chi connectivity index (χ1v) is 6.17. The van der Waals surface area contributed by atoms with Crippen molar-refractivity contribution in [1.29, 1.82) is 0 Å². The zero-order valence-electron chi connectivity index (χ0n) is 9.78. The monoisotopic (exact) mass is 233 g/mol. The van der Waals surface area contributed by atoms with E-state index in [2.05, 4.69) is 25.1 Å². The van der Waals surface area contributed by atoms with E-state index < -0.39 is 0 Å². The van der Waals surface area contributed by atoms with E-state index in [1.165, 1.54) is 10.3 Å². The van der Waals surface area contributed by atoms with E-state index in [1.54, 1.807) is 30.3 Å². The number of carbonyl (C=O) groups is 1. The van der Waals surface area contributed by atoms with Gasteiger partial charge in [-0.2, -0.15) is 0 Å². The van der Waals surface area contributed by atoms with Crippen LogP contribution in [0.5, 0.6) is 0 Å². The highest BCUT2D eigenvalue weighted by Gasteiger charge is 2.11. The first-order chi connectivity index (χ1) is 7.61. The number of fused-ring (bicyclic) bond motifs is 1. The minimum absolute atomic E-state index is 0.0826. The van der Waals surface area contributed by atoms with Crippen LogP contribution in [0.4, 0.5) is 0 Å². The fraction of sp³-hybridized carbons (Fsp3) is 0.308. The highest BCUT2D eigenvalue weighted by molar-refractivity contribution is 7.20. The van der Waals surface area contributed by atoms with Gasteiger partial charge in [-0.25, -0.2) is 0 Å². The molecule has 3 heteroatoms. The summed E-state index contributed by atoms with van der Waals surface area (Å²) < 4.78 is 1.20. The molecular formula is C13H15NOS. The molecule has 1 aromatic heterocycles. The molecule has 0 saturated heterocycles. The van der Waals surface area contributed by atoms with Crippen LogP contribution >= 0.6 is 11.3 Å². The lowest BCUT2D eigenvalue weighted by Crippen LogP contribution is -2.20. The number of hydrogen-bond donors (Lipinski definition) is 0. The quantitative estimate of drug-likeness (QED) is 0.780. The van der Waals surface area contributed by atoms with Gasteiger partial charge < -0.3 is 4.90 Å². The molecule has 0 aliphatic heterocycles. The Balaban J connectivity index is 2.47. The molecule has 0 unspecified atom stereocenters. The molecule has 2 rings (SSSR count). The van der Waals surface area contributed by atoms with Gasteiger partial charge in [-0.05, 0) is 29.5 Å². The molecule has 16 heavy (non-hydrogen) atoms. The van der Waals surface area contributed by atoms with Crippen LogP contribution in [0.15, 0.2) is 24.3 Å². The summed E-state index contributed by atoms with van der Waals surface area (Å²) in [6.45, 7) is 2.14. The van der Waals surface area contributed by atoms with Crippen molar-refractivity contribution in [3.63, 3.8) is 0 Å². The van der Waals surface area contributed by atoms with Gasteiger partial charge in [0, 0.05) is 18.8 Å². The van der Waals surface area contributed by atoms with Crippen LogP contribution in [0.25, 0.3) is 10.1 Å². The molecule has 0 bridgehead atoms. The predicted octanol–water partition coefficient (Wildman–Crippen LogP) is 3.17. The Morgan fingerprint density at radius 2 is 2.06 bits per heavy atom. The first kappa shape index (κ1) is 11.1. The van der Waals surface area contributed by atoms with E-state index in [0.717, 1.165) is 16.7 Å². The van der Waals surface area contributed by atoms with Gasteiger partial charge in [-0.1, -0.05) is 19.1 Å². The summed E-state index contributed by atoms with van der Waals surface area (Å²) in [5.41, 5.74) is 1.32. The van der Waals surface area contributed by atoms with Crippen LogP contribution in [0.2, 0.25) is 0 Å². The molecule has 1 aromatic carbocycles. The third-order valence-corrected chi connectivity index (χ3v) is 3.70. The van der Waals surface area contributed by atoms with Gasteiger partial charge >= 0.3 is 0 Å². The Morgan fingerprint density at radius 1 is 1.31 bits per heavy atom. The maximum atomic E-state index is 11.8. The van der Waals surface area contributed by atoms with Gasteiger partial charge in [0.05, 0.1) is 4.88 Å². The lowest BCUT2D eigenvalue weighted by Gasteiger charge is -2.06. The topological polar surface area (TPSA) is 20.3 Å². The molecule has 2 aromatic rings. The van der Waals surface area contributed by atoms with Crippen molar-refractivity contribution in [3.8, 4) is 0 Å². The zero-order valence-corrected chi connectivity index (χ0v) is 10.6. The minimum atomic E-state index is 0.0826. The molecule has 0 saturated carbocycles. The number of carbonyl (C=O) groups excluding carboxylic acids is 1. The highest BCUT2D eigenvalue weighted by Crippen LogP contribution is 2.27. The summed E-state index contributed by atoms with van der Waals surface area (Å²) in [6.07, 6.45) is 1.03. The fourth-order valence-electron chi connectivity index (χ4n) is 1.62. The molecule has 0 fully saturated rings. The molecule has 0 radical (unpaired) electrons. The van der Waals surface area contributed by atoms with Gasteiger partial charge in [0.2, 0.25) is 0 Å². The number of aryl methyl sites for hydroxylation is 1. The Kier molecular flexibility index (Phi) is 2.97. The average molecular weight is 233 g/mol. The largest absolute Gasteiger partial charge is 0.344 e. The number of amides is 1. The SMILES string of the molecule is CCc1ccc2cc(C(=O)N(C)C)sc2c1. The van der Waals surface area contributed by atoms with Crippen LogP contribution in [-0.4, -0.2) is 24.9 Å². The summed E-state index contributed by atoms with van der Waals surface area (Å²) in [7, 11) is 3.56. The van der Waals surface area contributed by atoms with E-state index in [4.69, 9.17) is 0 Å². The van der Waals surface area contributed by atoms with Crippen molar-refractivity contribution in [3.05, 3.63) is 34.7 Å². The van der Waals surface area contributed by atoms with Crippen LogP contribution < -0.4 is 0 Å². The number of hydrogen-bond acceptors (Lipinski definition) is 2. The van der Waals surface area contributed by atoms with Crippen LogP contribution in [0.1, 0.15) is 22.2 Å². The summed E-state index contributed by atoms with van der Waals surface area (Å²) >= 11 is 1.57. The van der Waals surface area contributed by atoms with Crippen molar-refractivity contribution in [2.45, 2.75) is 13.3 Å². The van der Waals surface area contributed by atoms with Crippen molar-refractivity contribution in [1.82, 2.24) is 4.90 Å². The Bertz CT molecular complexity index is 528. The number of nitrogens with zero attached hydrogens (tertiary/aromatic N) is 1. The van der Waals surface area contributed by atoms with E-state index in [1.807, 2.05) is 6.07 Å². The molecule has 0 atom stereocenters. The van der Waals surface area contributed by atoms with E-state index in [-0.39, 0.29) is 5.91 Å². The predicted molar refractivity (Wildman–Crippen MR) is 69.2 cm³/mol. The summed E-state index contributed by atoms with van der Waals surface area (Å²) in [5, 5.41) is 1.16. The molecule has 2 nitrogen and oxygen atoms in total. The first-order valence-electron chi connectivity index (χ1n) is 5.36. The number of rotatable bonds is 2. The van der Waals surface area contributed by atoms with E-state index in [0.29, 0.717) is 0 Å². The Morgan fingerprint density at radius 3 is 2.69 bits per heavy atom. The van der Waals surface area contributed by atoms with Crippen molar-refractivity contribution in [2.75, 3.05) is 14.1 Å². The molecule has 0 N–H and O–H groups in total. The van der Waals surface area contributed by atoms with Gasteiger partial charge in [0.1, 0.15) is 0 Å². The molecule has 0 aliphatic rings. The van der Waals surface area contributed by atoms with Crippen LogP contribution in [-0.2, 0) is 6.42 Å². The summed E-state index contributed by atoms with van der Waals surface area (Å²) in [5.74, 6) is 0.0826. The van der Waals surface area contributed by atoms with Gasteiger partial charge in [0.15, 0.2) is 0 Å². The van der Waals surface area contributed by atoms with E-state index >= 15 is 0 Å². The fourth-order valence-corrected chi connectivity index (χ4v) is 2.77. The van der Waals surface area contributed by atoms with Gasteiger partial charge in [0.25, 0.3) is 5.91 Å². The zero-order chi connectivity index (χ0) is 11.7. The maximum Gasteiger partial charge on any atom is 0.263 e. The summed E-state index contributed by atoms with van der Waals surface area (Å²) in [4.78, 5) is 14.2. The molecule has 0 aliphatic carbocycles.